The molecule has 1 aliphatic heterocycles. The van der Waals surface area contributed by atoms with Crippen LogP contribution in [0.3, 0.4) is 0 Å². The van der Waals surface area contributed by atoms with E-state index in [0.717, 1.165) is 11.1 Å². The van der Waals surface area contributed by atoms with Crippen LogP contribution in [0.5, 0.6) is 0 Å². The summed E-state index contributed by atoms with van der Waals surface area (Å²) in [5.41, 5.74) is 2.12. The number of nitroso groups, excluding NO2 is 1. The van der Waals surface area contributed by atoms with E-state index in [0.29, 0.717) is 13.0 Å². The van der Waals surface area contributed by atoms with Gasteiger partial charge in [0.25, 0.3) is 0 Å². The van der Waals surface area contributed by atoms with Crippen molar-refractivity contribution in [3.05, 3.63) is 76.7 Å². The Balaban J connectivity index is 1.95. The number of hydrogen-bond acceptors (Lipinski definition) is 4. The van der Waals surface area contributed by atoms with Crippen LogP contribution in [0.1, 0.15) is 36.4 Å². The summed E-state index contributed by atoms with van der Waals surface area (Å²) in [6.45, 7) is 2.38. The normalized spacial score (nSPS) is 23.1. The van der Waals surface area contributed by atoms with Crippen LogP contribution in [0.15, 0.2) is 65.9 Å². The molecule has 1 aliphatic rings. The molecule has 0 spiro atoms. The van der Waals surface area contributed by atoms with Gasteiger partial charge in [-0.25, -0.2) is 0 Å². The lowest BCUT2D eigenvalue weighted by atomic mass is 9.76. The van der Waals surface area contributed by atoms with Crippen molar-refractivity contribution in [3.63, 3.8) is 0 Å². The summed E-state index contributed by atoms with van der Waals surface area (Å²) in [5, 5.41) is 4.68. The second-order valence-corrected chi connectivity index (χ2v) is 6.24. The maximum absolute atomic E-state index is 12.5. The van der Waals surface area contributed by atoms with E-state index in [-0.39, 0.29) is 24.5 Å². The third-order valence-electron chi connectivity index (χ3n) is 4.81. The molecule has 3 rings (SSSR count). The number of esters is 1. The fourth-order valence-corrected chi connectivity index (χ4v) is 3.61. The van der Waals surface area contributed by atoms with Crippen LogP contribution in [0.25, 0.3) is 0 Å². The van der Waals surface area contributed by atoms with Crippen LogP contribution < -0.4 is 0 Å². The maximum Gasteiger partial charge on any atom is 0.311 e. The van der Waals surface area contributed by atoms with Crippen LogP contribution in [0.2, 0.25) is 0 Å². The van der Waals surface area contributed by atoms with Crippen LogP contribution in [0, 0.1) is 10.8 Å². The molecule has 0 saturated carbocycles. The van der Waals surface area contributed by atoms with Crippen molar-refractivity contribution in [2.45, 2.75) is 25.3 Å². The van der Waals surface area contributed by atoms with Gasteiger partial charge in [0.05, 0.1) is 30.4 Å². The summed E-state index contributed by atoms with van der Waals surface area (Å²) in [4.78, 5) is 23.9. The second kappa shape index (κ2) is 7.92. The van der Waals surface area contributed by atoms with E-state index in [1.54, 1.807) is 6.92 Å². The molecule has 2 aromatic carbocycles. The maximum atomic E-state index is 12.5. The number of carbonyl (C=O) groups is 1. The van der Waals surface area contributed by atoms with Gasteiger partial charge in [0.15, 0.2) is 0 Å². The molecule has 1 fully saturated rings. The zero-order valence-electron chi connectivity index (χ0n) is 14.2. The lowest BCUT2D eigenvalue weighted by molar-refractivity contribution is -0.151. The number of piperidine rings is 1. The minimum absolute atomic E-state index is 0.0107. The van der Waals surface area contributed by atoms with Crippen molar-refractivity contribution in [1.29, 1.82) is 0 Å². The number of hydrogen-bond donors (Lipinski definition) is 0. The summed E-state index contributed by atoms with van der Waals surface area (Å²) in [6, 6.07) is 19.7. The molecular formula is C20H22N2O3. The highest BCUT2D eigenvalue weighted by Crippen LogP contribution is 2.43. The molecule has 0 radical (unpaired) electrons. The molecular weight excluding hydrogens is 316 g/mol. The van der Waals surface area contributed by atoms with Crippen LogP contribution >= 0.6 is 0 Å². The van der Waals surface area contributed by atoms with E-state index in [4.69, 9.17) is 4.74 Å². The molecule has 0 N–H and O–H groups in total. The summed E-state index contributed by atoms with van der Waals surface area (Å²) >= 11 is 0. The fraction of sp³-hybridized carbons (Fsp3) is 0.350. The summed E-state index contributed by atoms with van der Waals surface area (Å²) in [7, 11) is 0. The number of carbonyl (C=O) groups excluding carboxylic acids is 1. The lowest BCUT2D eigenvalue weighted by Gasteiger charge is -2.40. The highest BCUT2D eigenvalue weighted by molar-refractivity contribution is 5.74. The monoisotopic (exact) mass is 338 g/mol. The summed E-state index contributed by atoms with van der Waals surface area (Å²) < 4.78 is 5.26. The van der Waals surface area contributed by atoms with Crippen molar-refractivity contribution in [1.82, 2.24) is 5.01 Å². The quantitative estimate of drug-likeness (QED) is 0.609. The van der Waals surface area contributed by atoms with Gasteiger partial charge >= 0.3 is 5.97 Å². The molecule has 0 amide bonds. The predicted octanol–water partition coefficient (Wildman–Crippen LogP) is 4.08. The first-order chi connectivity index (χ1) is 12.2. The van der Waals surface area contributed by atoms with Gasteiger partial charge in [0.1, 0.15) is 0 Å². The van der Waals surface area contributed by atoms with E-state index in [1.807, 2.05) is 60.7 Å². The lowest BCUT2D eigenvalue weighted by Crippen LogP contribution is -2.42. The molecule has 0 bridgehead atoms. The summed E-state index contributed by atoms with van der Waals surface area (Å²) in [6.07, 6.45) is 0.642. The number of ether oxygens (including phenoxy) is 1. The average Bonchev–Trinajstić information content (AvgIpc) is 2.68. The van der Waals surface area contributed by atoms with Gasteiger partial charge in [-0.3, -0.25) is 9.80 Å². The van der Waals surface area contributed by atoms with Gasteiger partial charge in [-0.05, 0) is 24.5 Å². The predicted molar refractivity (Wildman–Crippen MR) is 95.6 cm³/mol. The fourth-order valence-electron chi connectivity index (χ4n) is 3.61. The van der Waals surface area contributed by atoms with Gasteiger partial charge in [-0.1, -0.05) is 60.7 Å². The molecule has 5 nitrogen and oxygen atoms in total. The van der Waals surface area contributed by atoms with E-state index >= 15 is 0 Å². The Kier molecular flexibility index (Phi) is 5.43. The Hall–Kier alpha value is -2.69. The number of benzene rings is 2. The van der Waals surface area contributed by atoms with Crippen LogP contribution in [-0.4, -0.2) is 24.1 Å². The van der Waals surface area contributed by atoms with E-state index in [2.05, 4.69) is 5.29 Å². The van der Waals surface area contributed by atoms with Crippen molar-refractivity contribution >= 4 is 5.97 Å². The molecule has 3 unspecified atom stereocenters. The van der Waals surface area contributed by atoms with Gasteiger partial charge in [0, 0.05) is 5.92 Å². The molecule has 5 heteroatoms. The molecule has 0 aromatic heterocycles. The Morgan fingerprint density at radius 2 is 1.68 bits per heavy atom. The van der Waals surface area contributed by atoms with Gasteiger partial charge in [-0.15, -0.1) is 4.91 Å². The number of nitrogens with zero attached hydrogens (tertiary/aromatic N) is 2. The minimum Gasteiger partial charge on any atom is -0.466 e. The van der Waals surface area contributed by atoms with Crippen molar-refractivity contribution in [2.75, 3.05) is 13.2 Å². The standard InChI is InChI=1S/C20H22N2O3/c1-2-25-20(23)18-14-22(21-24)19(16-11-7-4-8-12-16)13-17(18)15-9-5-3-6-10-15/h3-12,17-19H,2,13-14H2,1H3. The Morgan fingerprint density at radius 1 is 1.08 bits per heavy atom. The zero-order chi connectivity index (χ0) is 17.6. The van der Waals surface area contributed by atoms with Gasteiger partial charge in [-0.2, -0.15) is 0 Å². The van der Waals surface area contributed by atoms with Gasteiger partial charge in [0.2, 0.25) is 0 Å². The molecule has 130 valence electrons. The van der Waals surface area contributed by atoms with E-state index < -0.39 is 5.92 Å². The smallest absolute Gasteiger partial charge is 0.311 e. The summed E-state index contributed by atoms with van der Waals surface area (Å²) in [5.74, 6) is -0.681. The molecule has 1 saturated heterocycles. The van der Waals surface area contributed by atoms with Crippen molar-refractivity contribution < 1.29 is 9.53 Å². The molecule has 3 atom stereocenters. The van der Waals surface area contributed by atoms with E-state index in [9.17, 15) is 9.70 Å². The molecule has 2 aromatic rings. The SMILES string of the molecule is CCOC(=O)C1CN(N=O)C(c2ccccc2)CC1c1ccccc1. The topological polar surface area (TPSA) is 59.0 Å². The molecule has 1 heterocycles. The highest BCUT2D eigenvalue weighted by Gasteiger charge is 2.41. The first kappa shape index (κ1) is 17.1. The molecule has 25 heavy (non-hydrogen) atoms. The second-order valence-electron chi connectivity index (χ2n) is 6.24. The minimum atomic E-state index is -0.403. The van der Waals surface area contributed by atoms with Crippen LogP contribution in [0.4, 0.5) is 0 Å². The Labute approximate surface area is 147 Å². The third-order valence-corrected chi connectivity index (χ3v) is 4.81. The molecule has 0 aliphatic carbocycles. The first-order valence-electron chi connectivity index (χ1n) is 8.61. The van der Waals surface area contributed by atoms with Crippen LogP contribution in [-0.2, 0) is 9.53 Å². The zero-order valence-corrected chi connectivity index (χ0v) is 14.2. The van der Waals surface area contributed by atoms with Crippen molar-refractivity contribution in [3.8, 4) is 0 Å². The first-order valence-corrected chi connectivity index (χ1v) is 8.61. The number of rotatable bonds is 5. The largest absolute Gasteiger partial charge is 0.466 e. The van der Waals surface area contributed by atoms with Gasteiger partial charge < -0.3 is 4.74 Å². The highest BCUT2D eigenvalue weighted by atomic mass is 16.5. The third kappa shape index (κ3) is 3.71. The van der Waals surface area contributed by atoms with Crippen molar-refractivity contribution in [2.24, 2.45) is 11.2 Å². The average molecular weight is 338 g/mol. The van der Waals surface area contributed by atoms with E-state index in [1.165, 1.54) is 5.01 Å². The Bertz CT molecular complexity index is 705. The Morgan fingerprint density at radius 3 is 2.24 bits per heavy atom.